The molecule has 0 bridgehead atoms. The Bertz CT molecular complexity index is 419. The molecule has 1 atom stereocenters. The van der Waals surface area contributed by atoms with Gasteiger partial charge in [-0.05, 0) is 12.3 Å². The number of aromatic amines is 1. The number of carbonyl (C=O) groups is 1. The predicted octanol–water partition coefficient (Wildman–Crippen LogP) is 0.574. The van der Waals surface area contributed by atoms with Crippen LogP contribution in [0.2, 0.25) is 0 Å². The van der Waals surface area contributed by atoms with Crippen LogP contribution >= 0.6 is 0 Å². The largest absolute Gasteiger partial charge is 0.396 e. The van der Waals surface area contributed by atoms with Crippen molar-refractivity contribution >= 4 is 5.91 Å². The van der Waals surface area contributed by atoms with Crippen molar-refractivity contribution in [2.45, 2.75) is 26.3 Å². The Hall–Kier alpha value is -1.40. The van der Waals surface area contributed by atoms with Crippen LogP contribution in [0.25, 0.3) is 0 Å². The van der Waals surface area contributed by atoms with Gasteiger partial charge in [0.05, 0.1) is 11.8 Å². The molecule has 2 rings (SSSR count). The van der Waals surface area contributed by atoms with Gasteiger partial charge in [0.1, 0.15) is 0 Å². The monoisotopic (exact) mass is 280 g/mol. The van der Waals surface area contributed by atoms with Gasteiger partial charge in [-0.3, -0.25) is 14.8 Å². The summed E-state index contributed by atoms with van der Waals surface area (Å²) in [5.41, 5.74) is 0.602. The molecule has 2 N–H and O–H groups in total. The summed E-state index contributed by atoms with van der Waals surface area (Å²) in [4.78, 5) is 16.6. The molecule has 0 saturated carbocycles. The lowest BCUT2D eigenvalue weighted by Gasteiger charge is -2.42. The van der Waals surface area contributed by atoms with E-state index in [1.54, 1.807) is 12.4 Å². The van der Waals surface area contributed by atoms with Crippen LogP contribution in [-0.4, -0.2) is 69.8 Å². The standard InChI is InChI=1S/C14H24N4O2/c1-11(2)9-17-4-5-18(10-13(17)3-6-19)14(20)12-7-15-16-8-12/h7-8,11,13,19H,3-6,9-10H2,1-2H3,(H,15,16). The fourth-order valence-electron chi connectivity index (χ4n) is 2.76. The SMILES string of the molecule is CC(C)CN1CCN(C(=O)c2cn[nH]c2)CC1CCO. The van der Waals surface area contributed by atoms with Crippen molar-refractivity contribution in [3.05, 3.63) is 18.0 Å². The summed E-state index contributed by atoms with van der Waals surface area (Å²) in [6.45, 7) is 7.84. The summed E-state index contributed by atoms with van der Waals surface area (Å²) in [6, 6.07) is 0.243. The number of amides is 1. The van der Waals surface area contributed by atoms with Gasteiger partial charge in [0.25, 0.3) is 5.91 Å². The van der Waals surface area contributed by atoms with Crippen LogP contribution in [0.15, 0.2) is 12.4 Å². The maximum absolute atomic E-state index is 12.3. The second kappa shape index (κ2) is 6.85. The van der Waals surface area contributed by atoms with Crippen LogP contribution in [0, 0.1) is 5.92 Å². The lowest BCUT2D eigenvalue weighted by molar-refractivity contribution is 0.0384. The molecule has 1 aromatic heterocycles. The molecule has 0 aromatic carbocycles. The van der Waals surface area contributed by atoms with Crippen molar-refractivity contribution in [2.24, 2.45) is 5.92 Å². The molecule has 1 unspecified atom stereocenters. The molecule has 2 heterocycles. The number of aromatic nitrogens is 2. The molecule has 0 radical (unpaired) electrons. The first kappa shape index (κ1) is 15.0. The summed E-state index contributed by atoms with van der Waals surface area (Å²) in [5, 5.41) is 15.7. The Morgan fingerprint density at radius 3 is 2.95 bits per heavy atom. The van der Waals surface area contributed by atoms with E-state index in [2.05, 4.69) is 28.9 Å². The molecule has 0 aliphatic carbocycles. The summed E-state index contributed by atoms with van der Waals surface area (Å²) >= 11 is 0. The number of aliphatic hydroxyl groups excluding tert-OH is 1. The molecule has 6 heteroatoms. The molecule has 1 aliphatic heterocycles. The molecule has 1 fully saturated rings. The maximum Gasteiger partial charge on any atom is 0.257 e. The molecule has 1 amide bonds. The van der Waals surface area contributed by atoms with Crippen molar-refractivity contribution < 1.29 is 9.90 Å². The molecule has 1 aliphatic rings. The molecule has 112 valence electrons. The van der Waals surface area contributed by atoms with Gasteiger partial charge >= 0.3 is 0 Å². The number of aliphatic hydroxyl groups is 1. The van der Waals surface area contributed by atoms with Gasteiger partial charge in [-0.15, -0.1) is 0 Å². The first-order chi connectivity index (χ1) is 9.61. The van der Waals surface area contributed by atoms with E-state index >= 15 is 0 Å². The highest BCUT2D eigenvalue weighted by Gasteiger charge is 2.30. The first-order valence-corrected chi connectivity index (χ1v) is 7.24. The lowest BCUT2D eigenvalue weighted by atomic mass is 10.1. The van der Waals surface area contributed by atoms with Gasteiger partial charge in [-0.25, -0.2) is 0 Å². The molecule has 0 spiro atoms. The zero-order valence-electron chi connectivity index (χ0n) is 12.2. The zero-order valence-corrected chi connectivity index (χ0v) is 12.2. The van der Waals surface area contributed by atoms with Gasteiger partial charge in [0.2, 0.25) is 0 Å². The van der Waals surface area contributed by atoms with Gasteiger partial charge in [0, 0.05) is 45.0 Å². The topological polar surface area (TPSA) is 72.5 Å². The lowest BCUT2D eigenvalue weighted by Crippen LogP contribution is -2.55. The number of piperazine rings is 1. The van der Waals surface area contributed by atoms with Crippen molar-refractivity contribution in [1.82, 2.24) is 20.0 Å². The van der Waals surface area contributed by atoms with Crippen molar-refractivity contribution in [3.63, 3.8) is 0 Å². The van der Waals surface area contributed by atoms with E-state index in [0.29, 0.717) is 24.4 Å². The third kappa shape index (κ3) is 3.58. The Kier molecular flexibility index (Phi) is 5.14. The number of hydrogen-bond acceptors (Lipinski definition) is 4. The number of nitrogens with zero attached hydrogens (tertiary/aromatic N) is 3. The van der Waals surface area contributed by atoms with Crippen molar-refractivity contribution in [1.29, 1.82) is 0 Å². The Labute approximate surface area is 119 Å². The zero-order chi connectivity index (χ0) is 14.5. The smallest absolute Gasteiger partial charge is 0.257 e. The highest BCUT2D eigenvalue weighted by Crippen LogP contribution is 2.16. The second-order valence-corrected chi connectivity index (χ2v) is 5.79. The van der Waals surface area contributed by atoms with E-state index in [0.717, 1.165) is 19.6 Å². The summed E-state index contributed by atoms with van der Waals surface area (Å²) in [7, 11) is 0. The van der Waals surface area contributed by atoms with E-state index in [-0.39, 0.29) is 18.6 Å². The fraction of sp³-hybridized carbons (Fsp3) is 0.714. The van der Waals surface area contributed by atoms with Gasteiger partial charge in [-0.2, -0.15) is 5.10 Å². The number of nitrogens with one attached hydrogen (secondary N) is 1. The first-order valence-electron chi connectivity index (χ1n) is 7.24. The Morgan fingerprint density at radius 1 is 1.55 bits per heavy atom. The third-order valence-corrected chi connectivity index (χ3v) is 3.70. The summed E-state index contributed by atoms with van der Waals surface area (Å²) < 4.78 is 0. The number of H-pyrrole nitrogens is 1. The quantitative estimate of drug-likeness (QED) is 0.827. The third-order valence-electron chi connectivity index (χ3n) is 3.70. The molecule has 1 aromatic rings. The molecular formula is C14H24N4O2. The number of hydrogen-bond donors (Lipinski definition) is 2. The van der Waals surface area contributed by atoms with E-state index in [1.807, 2.05) is 4.90 Å². The second-order valence-electron chi connectivity index (χ2n) is 5.79. The Balaban J connectivity index is 2.00. The minimum atomic E-state index is 0.0193. The van der Waals surface area contributed by atoms with Crippen molar-refractivity contribution in [2.75, 3.05) is 32.8 Å². The van der Waals surface area contributed by atoms with Gasteiger partial charge in [0.15, 0.2) is 0 Å². The van der Waals surface area contributed by atoms with E-state index in [4.69, 9.17) is 0 Å². The average Bonchev–Trinajstić information content (AvgIpc) is 2.93. The van der Waals surface area contributed by atoms with Crippen LogP contribution in [0.3, 0.4) is 0 Å². The van der Waals surface area contributed by atoms with Crippen LogP contribution in [-0.2, 0) is 0 Å². The van der Waals surface area contributed by atoms with Crippen LogP contribution in [0.4, 0.5) is 0 Å². The molecular weight excluding hydrogens is 256 g/mol. The Morgan fingerprint density at radius 2 is 2.35 bits per heavy atom. The minimum absolute atomic E-state index is 0.0193. The van der Waals surface area contributed by atoms with Crippen LogP contribution in [0.1, 0.15) is 30.6 Å². The highest BCUT2D eigenvalue weighted by molar-refractivity contribution is 5.93. The normalized spacial score (nSPS) is 20.6. The van der Waals surface area contributed by atoms with E-state index < -0.39 is 0 Å². The van der Waals surface area contributed by atoms with Crippen LogP contribution in [0.5, 0.6) is 0 Å². The molecule has 1 saturated heterocycles. The number of carbonyl (C=O) groups excluding carboxylic acids is 1. The average molecular weight is 280 g/mol. The number of rotatable bonds is 5. The predicted molar refractivity (Wildman–Crippen MR) is 76.4 cm³/mol. The molecule has 6 nitrogen and oxygen atoms in total. The van der Waals surface area contributed by atoms with E-state index in [1.165, 1.54) is 0 Å². The summed E-state index contributed by atoms with van der Waals surface area (Å²) in [6.07, 6.45) is 3.90. The van der Waals surface area contributed by atoms with Gasteiger partial charge in [-0.1, -0.05) is 13.8 Å². The fourth-order valence-corrected chi connectivity index (χ4v) is 2.76. The van der Waals surface area contributed by atoms with E-state index in [9.17, 15) is 9.90 Å². The van der Waals surface area contributed by atoms with Gasteiger partial charge < -0.3 is 10.0 Å². The molecule has 20 heavy (non-hydrogen) atoms. The van der Waals surface area contributed by atoms with Crippen molar-refractivity contribution in [3.8, 4) is 0 Å². The highest BCUT2D eigenvalue weighted by atomic mass is 16.3. The maximum atomic E-state index is 12.3. The minimum Gasteiger partial charge on any atom is -0.396 e. The summed E-state index contributed by atoms with van der Waals surface area (Å²) in [5.74, 6) is 0.609. The van der Waals surface area contributed by atoms with Crippen LogP contribution < -0.4 is 0 Å².